The lowest BCUT2D eigenvalue weighted by molar-refractivity contribution is -0.121. The lowest BCUT2D eigenvalue weighted by Crippen LogP contribution is -2.42. The second-order valence-corrected chi connectivity index (χ2v) is 11.6. The monoisotopic (exact) mass is 585 g/mol. The highest BCUT2D eigenvalue weighted by Gasteiger charge is 2.43. The van der Waals surface area contributed by atoms with Crippen molar-refractivity contribution in [2.24, 2.45) is 5.41 Å². The third kappa shape index (κ3) is 6.11. The first kappa shape index (κ1) is 29.8. The van der Waals surface area contributed by atoms with Gasteiger partial charge in [-0.25, -0.2) is 0 Å². The van der Waals surface area contributed by atoms with Crippen molar-refractivity contribution >= 4 is 23.1 Å². The molecule has 9 nitrogen and oxygen atoms in total. The number of nitrogens with zero attached hydrogens (tertiary/aromatic N) is 1. The van der Waals surface area contributed by atoms with Crippen molar-refractivity contribution in [2.45, 2.75) is 39.3 Å². The molecule has 3 aromatic rings. The molecule has 9 heteroatoms. The number of hydrogen-bond acceptors (Lipinski definition) is 8. The number of ether oxygens (including phenoxy) is 4. The van der Waals surface area contributed by atoms with E-state index in [9.17, 15) is 9.59 Å². The van der Waals surface area contributed by atoms with Gasteiger partial charge >= 0.3 is 0 Å². The molecular formula is C34H39N3O6. The number of allylic oxidation sites excluding steroid dienone is 1. The topological polar surface area (TPSA) is 98.4 Å². The molecule has 1 aliphatic carbocycles. The van der Waals surface area contributed by atoms with E-state index in [1.54, 1.807) is 34.5 Å². The minimum Gasteiger partial charge on any atom is -0.497 e. The Morgan fingerprint density at radius 2 is 1.63 bits per heavy atom. The Hall–Kier alpha value is -4.66. The molecule has 2 N–H and O–H groups in total. The number of fused-ring (bicyclic) bond motifs is 1. The Morgan fingerprint density at radius 3 is 2.35 bits per heavy atom. The lowest BCUT2D eigenvalue weighted by atomic mass is 9.73. The fourth-order valence-corrected chi connectivity index (χ4v) is 6.01. The van der Waals surface area contributed by atoms with Crippen LogP contribution in [0.3, 0.4) is 0 Å². The van der Waals surface area contributed by atoms with E-state index in [0.29, 0.717) is 47.8 Å². The average molecular weight is 586 g/mol. The van der Waals surface area contributed by atoms with Gasteiger partial charge in [0.15, 0.2) is 17.3 Å². The largest absolute Gasteiger partial charge is 0.497 e. The molecule has 0 aromatic heterocycles. The highest BCUT2D eigenvalue weighted by atomic mass is 16.5. The molecule has 1 heterocycles. The summed E-state index contributed by atoms with van der Waals surface area (Å²) in [5.74, 6) is 2.07. The van der Waals surface area contributed by atoms with Gasteiger partial charge in [-0.3, -0.25) is 9.59 Å². The quantitative estimate of drug-likeness (QED) is 0.332. The van der Waals surface area contributed by atoms with Gasteiger partial charge in [0.25, 0.3) is 0 Å². The van der Waals surface area contributed by atoms with Crippen LogP contribution in [0.2, 0.25) is 0 Å². The predicted molar refractivity (Wildman–Crippen MR) is 166 cm³/mol. The third-order valence-electron chi connectivity index (χ3n) is 7.97. The molecule has 2 aliphatic rings. The Bertz CT molecular complexity index is 1560. The van der Waals surface area contributed by atoms with E-state index in [0.717, 1.165) is 28.4 Å². The van der Waals surface area contributed by atoms with Crippen LogP contribution in [-0.4, -0.2) is 46.7 Å². The maximum atomic E-state index is 14.1. The number of methoxy groups -OCH3 is 4. The summed E-state index contributed by atoms with van der Waals surface area (Å²) in [7, 11) is 6.33. The molecule has 0 bridgehead atoms. The molecule has 1 unspecified atom stereocenters. The highest BCUT2D eigenvalue weighted by molar-refractivity contribution is 6.02. The van der Waals surface area contributed by atoms with Gasteiger partial charge in [0, 0.05) is 35.9 Å². The molecule has 0 saturated carbocycles. The first-order valence-electron chi connectivity index (χ1n) is 14.3. The van der Waals surface area contributed by atoms with E-state index in [2.05, 4.69) is 24.5 Å². The Labute approximate surface area is 252 Å². The molecule has 43 heavy (non-hydrogen) atoms. The van der Waals surface area contributed by atoms with Crippen LogP contribution >= 0.6 is 0 Å². The van der Waals surface area contributed by atoms with Crippen molar-refractivity contribution in [1.82, 2.24) is 5.32 Å². The fourth-order valence-electron chi connectivity index (χ4n) is 6.01. The van der Waals surface area contributed by atoms with Gasteiger partial charge in [0.2, 0.25) is 5.91 Å². The van der Waals surface area contributed by atoms with Gasteiger partial charge in [-0.2, -0.15) is 0 Å². The van der Waals surface area contributed by atoms with Gasteiger partial charge < -0.3 is 34.5 Å². The van der Waals surface area contributed by atoms with Crippen molar-refractivity contribution in [2.75, 3.05) is 45.2 Å². The summed E-state index contributed by atoms with van der Waals surface area (Å²) < 4.78 is 22.4. The summed E-state index contributed by atoms with van der Waals surface area (Å²) in [6.45, 7) is 4.51. The van der Waals surface area contributed by atoms with Gasteiger partial charge in [0.05, 0.1) is 52.4 Å². The molecule has 1 amide bonds. The fraction of sp³-hybridized carbons (Fsp3) is 0.353. The SMILES string of the molecule is COc1cccc(CNC(=O)CN2c3ccccc3NC3=C(C(=O)CC(C)(C)C3)C2c2cc(OC)c(OC)cc2OC)c1. The van der Waals surface area contributed by atoms with Crippen molar-refractivity contribution in [3.63, 3.8) is 0 Å². The van der Waals surface area contributed by atoms with Crippen LogP contribution in [0.15, 0.2) is 71.9 Å². The molecule has 1 atom stereocenters. The number of amides is 1. The second-order valence-electron chi connectivity index (χ2n) is 11.6. The third-order valence-corrected chi connectivity index (χ3v) is 7.97. The van der Waals surface area contributed by atoms with Crippen LogP contribution < -0.4 is 34.5 Å². The van der Waals surface area contributed by atoms with E-state index in [1.165, 1.54) is 0 Å². The summed E-state index contributed by atoms with van der Waals surface area (Å²) in [5.41, 5.74) is 4.45. The molecule has 0 spiro atoms. The molecule has 5 rings (SSSR count). The highest BCUT2D eigenvalue weighted by Crippen LogP contribution is 2.51. The van der Waals surface area contributed by atoms with Crippen molar-refractivity contribution in [3.8, 4) is 23.0 Å². The first-order valence-corrected chi connectivity index (χ1v) is 14.3. The zero-order valence-corrected chi connectivity index (χ0v) is 25.6. The maximum Gasteiger partial charge on any atom is 0.239 e. The van der Waals surface area contributed by atoms with Crippen molar-refractivity contribution in [1.29, 1.82) is 0 Å². The number of Topliss-reactive ketones (excluding diaryl/α,β-unsaturated/α-hetero) is 1. The van der Waals surface area contributed by atoms with Gasteiger partial charge in [0.1, 0.15) is 11.5 Å². The predicted octanol–water partition coefficient (Wildman–Crippen LogP) is 5.65. The van der Waals surface area contributed by atoms with Gasteiger partial charge in [-0.15, -0.1) is 0 Å². The molecule has 0 fully saturated rings. The van der Waals surface area contributed by atoms with Gasteiger partial charge in [-0.05, 0) is 47.7 Å². The van der Waals surface area contributed by atoms with E-state index in [-0.39, 0.29) is 23.7 Å². The lowest BCUT2D eigenvalue weighted by Gasteiger charge is -2.38. The van der Waals surface area contributed by atoms with Crippen LogP contribution in [0.4, 0.5) is 11.4 Å². The Morgan fingerprint density at radius 1 is 0.907 bits per heavy atom. The van der Waals surface area contributed by atoms with Crippen LogP contribution in [-0.2, 0) is 16.1 Å². The van der Waals surface area contributed by atoms with Crippen molar-refractivity contribution in [3.05, 3.63) is 83.1 Å². The normalized spacial score (nSPS) is 17.2. The molecule has 0 saturated heterocycles. The Balaban J connectivity index is 1.64. The average Bonchev–Trinajstić information content (AvgIpc) is 3.13. The number of carbonyl (C=O) groups is 2. The number of anilines is 2. The Kier molecular flexibility index (Phi) is 8.52. The number of rotatable bonds is 9. The van der Waals surface area contributed by atoms with Crippen LogP contribution in [0.1, 0.15) is 43.9 Å². The second kappa shape index (κ2) is 12.3. The van der Waals surface area contributed by atoms with Crippen LogP contribution in [0, 0.1) is 5.41 Å². The summed E-state index contributed by atoms with van der Waals surface area (Å²) in [5, 5.41) is 6.64. The minimum absolute atomic E-state index is 0.0156. The summed E-state index contributed by atoms with van der Waals surface area (Å²) in [6.07, 6.45) is 1.05. The molecule has 0 radical (unpaired) electrons. The molecule has 3 aromatic carbocycles. The number of carbonyl (C=O) groups excluding carboxylic acids is 2. The number of ketones is 1. The van der Waals surface area contributed by atoms with E-state index in [4.69, 9.17) is 18.9 Å². The number of para-hydroxylation sites is 2. The number of nitrogens with one attached hydrogen (secondary N) is 2. The molecular weight excluding hydrogens is 546 g/mol. The van der Waals surface area contributed by atoms with Crippen molar-refractivity contribution < 1.29 is 28.5 Å². The molecule has 1 aliphatic heterocycles. The first-order chi connectivity index (χ1) is 20.7. The van der Waals surface area contributed by atoms with Gasteiger partial charge in [-0.1, -0.05) is 38.1 Å². The van der Waals surface area contributed by atoms with Crippen LogP contribution in [0.25, 0.3) is 0 Å². The maximum absolute atomic E-state index is 14.1. The zero-order chi connectivity index (χ0) is 30.7. The minimum atomic E-state index is -0.646. The van der Waals surface area contributed by atoms with Crippen LogP contribution in [0.5, 0.6) is 23.0 Å². The standard InChI is InChI=1S/C34H39N3O6/c1-34(2)17-25-32(27(38)18-34)33(23-15-29(42-5)30(43-6)16-28(23)41-4)37(26-13-8-7-12-24(26)36-25)20-31(39)35-19-21-10-9-11-22(14-21)40-3/h7-16,33,36H,17-20H2,1-6H3,(H,35,39). The summed E-state index contributed by atoms with van der Waals surface area (Å²) >= 11 is 0. The van der Waals surface area contributed by atoms with E-state index in [1.807, 2.05) is 59.5 Å². The summed E-state index contributed by atoms with van der Waals surface area (Å²) in [4.78, 5) is 29.7. The van der Waals surface area contributed by atoms with E-state index < -0.39 is 6.04 Å². The smallest absolute Gasteiger partial charge is 0.239 e. The van der Waals surface area contributed by atoms with E-state index >= 15 is 0 Å². The zero-order valence-electron chi connectivity index (χ0n) is 25.6. The number of hydrogen-bond donors (Lipinski definition) is 2. The summed E-state index contributed by atoms with van der Waals surface area (Å²) in [6, 6.07) is 18.3. The molecule has 226 valence electrons. The number of benzene rings is 3.